The molecule has 0 radical (unpaired) electrons. The Hall–Kier alpha value is -3.80. The van der Waals surface area contributed by atoms with Gasteiger partial charge in [0.2, 0.25) is 0 Å². The summed E-state index contributed by atoms with van der Waals surface area (Å²) in [7, 11) is 0. The molecule has 130 valence electrons. The highest BCUT2D eigenvalue weighted by molar-refractivity contribution is 5.91. The van der Waals surface area contributed by atoms with Gasteiger partial charge < -0.3 is 19.7 Å². The number of hydrogen-bond acceptors (Lipinski definition) is 4. The summed E-state index contributed by atoms with van der Waals surface area (Å²) < 4.78 is 11.2. The van der Waals surface area contributed by atoms with Gasteiger partial charge in [-0.3, -0.25) is 0 Å². The molecule has 0 bridgehead atoms. The van der Waals surface area contributed by atoms with E-state index in [1.807, 2.05) is 0 Å². The van der Waals surface area contributed by atoms with Crippen molar-refractivity contribution in [3.8, 4) is 23.0 Å². The zero-order valence-corrected chi connectivity index (χ0v) is 13.5. The van der Waals surface area contributed by atoms with Crippen molar-refractivity contribution >= 4 is 11.9 Å². The molecule has 6 nitrogen and oxygen atoms in total. The Kier molecular flexibility index (Phi) is 4.85. The molecule has 2 N–H and O–H groups in total. The van der Waals surface area contributed by atoms with E-state index in [2.05, 4.69) is 0 Å². The van der Waals surface area contributed by atoms with E-state index in [0.29, 0.717) is 11.5 Å². The summed E-state index contributed by atoms with van der Waals surface area (Å²) in [5.74, 6) is -0.846. The topological polar surface area (TPSA) is 93.1 Å². The van der Waals surface area contributed by atoms with Gasteiger partial charge in [-0.25, -0.2) is 9.59 Å². The second-order valence-electron chi connectivity index (χ2n) is 5.28. The van der Waals surface area contributed by atoms with Crippen molar-refractivity contribution in [2.24, 2.45) is 0 Å². The van der Waals surface area contributed by atoms with Gasteiger partial charge in [-0.05, 0) is 48.5 Å². The molecule has 0 aliphatic carbocycles. The standard InChI is InChI=1S/C20H14O6/c21-19(22)15-5-1-3-7-17(15)25-13-9-11-14(12-10-13)26-18-8-4-2-6-16(18)20(23)24/h1-12H,(H,21,22)(H,23,24). The number of aromatic carboxylic acids is 2. The van der Waals surface area contributed by atoms with Gasteiger partial charge in [-0.2, -0.15) is 0 Å². The summed E-state index contributed by atoms with van der Waals surface area (Å²) in [4.78, 5) is 22.4. The lowest BCUT2D eigenvalue weighted by atomic mass is 10.2. The second kappa shape index (κ2) is 7.40. The van der Waals surface area contributed by atoms with Crippen LogP contribution >= 0.6 is 0 Å². The van der Waals surface area contributed by atoms with Crippen molar-refractivity contribution in [2.45, 2.75) is 0 Å². The molecule has 0 aliphatic heterocycles. The average Bonchev–Trinajstić information content (AvgIpc) is 2.64. The van der Waals surface area contributed by atoms with Crippen LogP contribution in [0.4, 0.5) is 0 Å². The smallest absolute Gasteiger partial charge is 0.339 e. The summed E-state index contributed by atoms with van der Waals surface area (Å²) in [5, 5.41) is 18.3. The largest absolute Gasteiger partial charge is 0.478 e. The molecule has 0 aliphatic rings. The van der Waals surface area contributed by atoms with E-state index >= 15 is 0 Å². The summed E-state index contributed by atoms with van der Waals surface area (Å²) in [6, 6.07) is 19.1. The fourth-order valence-corrected chi connectivity index (χ4v) is 2.29. The molecule has 3 aromatic carbocycles. The van der Waals surface area contributed by atoms with Crippen LogP contribution in [-0.4, -0.2) is 22.2 Å². The third-order valence-corrected chi connectivity index (χ3v) is 3.51. The highest BCUT2D eigenvalue weighted by atomic mass is 16.5. The molecule has 26 heavy (non-hydrogen) atoms. The zero-order valence-electron chi connectivity index (χ0n) is 13.5. The van der Waals surface area contributed by atoms with Crippen LogP contribution in [-0.2, 0) is 0 Å². The summed E-state index contributed by atoms with van der Waals surface area (Å²) in [6.45, 7) is 0. The van der Waals surface area contributed by atoms with E-state index in [1.54, 1.807) is 60.7 Å². The van der Waals surface area contributed by atoms with E-state index in [0.717, 1.165) is 0 Å². The molecule has 6 heteroatoms. The molecule has 0 fully saturated rings. The van der Waals surface area contributed by atoms with Gasteiger partial charge in [0.05, 0.1) is 0 Å². The number of benzene rings is 3. The van der Waals surface area contributed by atoms with Gasteiger partial charge in [0, 0.05) is 0 Å². The van der Waals surface area contributed by atoms with Crippen LogP contribution in [0.25, 0.3) is 0 Å². The van der Waals surface area contributed by atoms with Crippen LogP contribution in [0.5, 0.6) is 23.0 Å². The molecule has 0 aromatic heterocycles. The van der Waals surface area contributed by atoms with E-state index in [4.69, 9.17) is 9.47 Å². The molecule has 0 amide bonds. The SMILES string of the molecule is O=C(O)c1ccccc1Oc1ccc(Oc2ccccc2C(=O)O)cc1. The Balaban J connectivity index is 1.78. The van der Waals surface area contributed by atoms with Gasteiger partial charge in [0.15, 0.2) is 0 Å². The monoisotopic (exact) mass is 350 g/mol. The highest BCUT2D eigenvalue weighted by Crippen LogP contribution is 2.29. The number of hydrogen-bond donors (Lipinski definition) is 2. The van der Waals surface area contributed by atoms with Crippen molar-refractivity contribution in [1.29, 1.82) is 0 Å². The van der Waals surface area contributed by atoms with Crippen LogP contribution in [0.15, 0.2) is 72.8 Å². The molecular weight excluding hydrogens is 336 g/mol. The lowest BCUT2D eigenvalue weighted by Crippen LogP contribution is -2.00. The number of para-hydroxylation sites is 2. The van der Waals surface area contributed by atoms with Gasteiger partial charge in [-0.1, -0.05) is 24.3 Å². The maximum atomic E-state index is 11.2. The fourth-order valence-electron chi connectivity index (χ4n) is 2.29. The number of ether oxygens (including phenoxy) is 2. The molecule has 0 saturated carbocycles. The van der Waals surface area contributed by atoms with E-state index < -0.39 is 11.9 Å². The molecule has 3 rings (SSSR count). The van der Waals surface area contributed by atoms with Crippen molar-refractivity contribution in [3.63, 3.8) is 0 Å². The summed E-state index contributed by atoms with van der Waals surface area (Å²) >= 11 is 0. The minimum Gasteiger partial charge on any atom is -0.478 e. The second-order valence-corrected chi connectivity index (χ2v) is 5.28. The molecule has 0 spiro atoms. The molecular formula is C20H14O6. The molecule has 0 heterocycles. The van der Waals surface area contributed by atoms with E-state index in [-0.39, 0.29) is 22.6 Å². The third-order valence-electron chi connectivity index (χ3n) is 3.51. The Morgan fingerprint density at radius 3 is 1.27 bits per heavy atom. The lowest BCUT2D eigenvalue weighted by Gasteiger charge is -2.11. The summed E-state index contributed by atoms with van der Waals surface area (Å²) in [6.07, 6.45) is 0. The number of carboxylic acid groups (broad SMARTS) is 2. The maximum absolute atomic E-state index is 11.2. The number of rotatable bonds is 6. The Morgan fingerprint density at radius 1 is 0.577 bits per heavy atom. The summed E-state index contributed by atoms with van der Waals surface area (Å²) in [5.41, 5.74) is 0.117. The van der Waals surface area contributed by atoms with Crippen LogP contribution in [0.1, 0.15) is 20.7 Å². The molecule has 0 atom stereocenters. The highest BCUT2D eigenvalue weighted by Gasteiger charge is 2.12. The fraction of sp³-hybridized carbons (Fsp3) is 0. The van der Waals surface area contributed by atoms with Crippen molar-refractivity contribution in [1.82, 2.24) is 0 Å². The van der Waals surface area contributed by atoms with Gasteiger partial charge >= 0.3 is 11.9 Å². The minimum absolute atomic E-state index is 0.0585. The van der Waals surface area contributed by atoms with E-state index in [9.17, 15) is 19.8 Å². The van der Waals surface area contributed by atoms with Crippen molar-refractivity contribution < 1.29 is 29.3 Å². The minimum atomic E-state index is -1.08. The maximum Gasteiger partial charge on any atom is 0.339 e. The normalized spacial score (nSPS) is 10.2. The predicted molar refractivity (Wildman–Crippen MR) is 93.4 cm³/mol. The zero-order chi connectivity index (χ0) is 18.5. The van der Waals surface area contributed by atoms with E-state index in [1.165, 1.54) is 12.1 Å². The molecule has 0 unspecified atom stereocenters. The first-order chi connectivity index (χ1) is 12.5. The first-order valence-corrected chi connectivity index (χ1v) is 7.65. The first kappa shape index (κ1) is 17.0. The Labute approximate surface area is 148 Å². The predicted octanol–water partition coefficient (Wildman–Crippen LogP) is 4.67. The van der Waals surface area contributed by atoms with Gasteiger partial charge in [0.25, 0.3) is 0 Å². The Morgan fingerprint density at radius 2 is 0.923 bits per heavy atom. The van der Waals surface area contributed by atoms with Gasteiger partial charge in [0.1, 0.15) is 34.1 Å². The van der Waals surface area contributed by atoms with Crippen LogP contribution < -0.4 is 9.47 Å². The average molecular weight is 350 g/mol. The lowest BCUT2D eigenvalue weighted by molar-refractivity contribution is 0.0683. The Bertz CT molecular complexity index is 868. The van der Waals surface area contributed by atoms with Crippen LogP contribution in [0.3, 0.4) is 0 Å². The van der Waals surface area contributed by atoms with Crippen molar-refractivity contribution in [3.05, 3.63) is 83.9 Å². The number of carboxylic acids is 2. The van der Waals surface area contributed by atoms with Crippen molar-refractivity contribution in [2.75, 3.05) is 0 Å². The van der Waals surface area contributed by atoms with Crippen LogP contribution in [0, 0.1) is 0 Å². The van der Waals surface area contributed by atoms with Gasteiger partial charge in [-0.15, -0.1) is 0 Å². The third kappa shape index (κ3) is 3.81. The first-order valence-electron chi connectivity index (χ1n) is 7.65. The number of carbonyl (C=O) groups is 2. The van der Waals surface area contributed by atoms with Crippen LogP contribution in [0.2, 0.25) is 0 Å². The molecule has 3 aromatic rings. The quantitative estimate of drug-likeness (QED) is 0.671. The molecule has 0 saturated heterocycles.